The summed E-state index contributed by atoms with van der Waals surface area (Å²) in [6.07, 6.45) is 2.01. The van der Waals surface area contributed by atoms with E-state index >= 15 is 0 Å². The Morgan fingerprint density at radius 3 is 2.97 bits per heavy atom. The topological polar surface area (TPSA) is 83.0 Å². The number of aromatic nitrogens is 4. The van der Waals surface area contributed by atoms with Gasteiger partial charge in [-0.3, -0.25) is 9.36 Å². The number of fused-ring (bicyclic) bond motifs is 1. The summed E-state index contributed by atoms with van der Waals surface area (Å²) in [6, 6.07) is 11.3. The lowest BCUT2D eigenvalue weighted by atomic mass is 10.2. The minimum Gasteiger partial charge on any atom is -0.419 e. The van der Waals surface area contributed by atoms with E-state index in [0.717, 1.165) is 24.3 Å². The van der Waals surface area contributed by atoms with Crippen LogP contribution in [0.1, 0.15) is 30.9 Å². The molecule has 30 heavy (non-hydrogen) atoms. The molecule has 1 aliphatic heterocycles. The van der Waals surface area contributed by atoms with Crippen LogP contribution in [0.5, 0.6) is 0 Å². The van der Waals surface area contributed by atoms with Crippen molar-refractivity contribution in [3.8, 4) is 10.8 Å². The van der Waals surface area contributed by atoms with Crippen molar-refractivity contribution in [2.75, 3.05) is 6.61 Å². The molecular formula is C21H20N4O3S2. The van der Waals surface area contributed by atoms with E-state index < -0.39 is 0 Å². The quantitative estimate of drug-likeness (QED) is 0.321. The van der Waals surface area contributed by atoms with Crippen LogP contribution in [-0.4, -0.2) is 32.5 Å². The van der Waals surface area contributed by atoms with Crippen LogP contribution in [0.2, 0.25) is 0 Å². The molecule has 1 aliphatic rings. The standard InChI is InChI=1S/C21H20N4O3S2/c1-13(18-23-24-19(28-18)17-9-5-11-29-17)30-21-22-16-8-3-2-7-15(16)20(26)25(21)12-14-6-4-10-27-14/h2-3,5,7-9,11,13-14H,4,6,10,12H2,1H3/t13-,14+/m0/s1. The Hall–Kier alpha value is -2.49. The fraction of sp³-hybridized carbons (Fsp3) is 0.333. The van der Waals surface area contributed by atoms with Crippen LogP contribution >= 0.6 is 23.1 Å². The summed E-state index contributed by atoms with van der Waals surface area (Å²) in [6.45, 7) is 3.22. The fourth-order valence-corrected chi connectivity index (χ4v) is 5.09. The highest BCUT2D eigenvalue weighted by molar-refractivity contribution is 7.99. The van der Waals surface area contributed by atoms with Gasteiger partial charge in [-0.25, -0.2) is 4.98 Å². The predicted octanol–water partition coefficient (Wildman–Crippen LogP) is 4.54. The van der Waals surface area contributed by atoms with Gasteiger partial charge in [0.25, 0.3) is 11.4 Å². The highest BCUT2D eigenvalue weighted by Crippen LogP contribution is 2.35. The molecule has 0 aliphatic carbocycles. The summed E-state index contributed by atoms with van der Waals surface area (Å²) in [7, 11) is 0. The Balaban J connectivity index is 1.48. The van der Waals surface area contributed by atoms with Crippen molar-refractivity contribution in [2.24, 2.45) is 0 Å². The van der Waals surface area contributed by atoms with Crippen molar-refractivity contribution in [2.45, 2.75) is 42.8 Å². The number of nitrogens with zero attached hydrogens (tertiary/aromatic N) is 4. The normalized spacial score (nSPS) is 17.6. The van der Waals surface area contributed by atoms with Crippen molar-refractivity contribution >= 4 is 34.0 Å². The predicted molar refractivity (Wildman–Crippen MR) is 117 cm³/mol. The molecule has 0 saturated carbocycles. The Morgan fingerprint density at radius 2 is 2.17 bits per heavy atom. The SMILES string of the molecule is C[C@H](Sc1nc2ccccc2c(=O)n1C[C@H]1CCCO1)c1nnc(-c2cccs2)o1. The maximum absolute atomic E-state index is 13.2. The van der Waals surface area contributed by atoms with Gasteiger partial charge in [-0.2, -0.15) is 0 Å². The molecule has 0 unspecified atom stereocenters. The third-order valence-electron chi connectivity index (χ3n) is 5.04. The van der Waals surface area contributed by atoms with Crippen molar-refractivity contribution in [3.63, 3.8) is 0 Å². The number of thioether (sulfide) groups is 1. The second-order valence-corrected chi connectivity index (χ2v) is 9.40. The lowest BCUT2D eigenvalue weighted by Gasteiger charge is -2.17. The zero-order valence-electron chi connectivity index (χ0n) is 16.4. The largest absolute Gasteiger partial charge is 0.419 e. The van der Waals surface area contributed by atoms with Gasteiger partial charge in [0.05, 0.1) is 33.7 Å². The molecular weight excluding hydrogens is 420 g/mol. The molecule has 154 valence electrons. The number of thiophene rings is 1. The molecule has 1 aromatic carbocycles. The van der Waals surface area contributed by atoms with Crippen molar-refractivity contribution in [3.05, 3.63) is 58.0 Å². The van der Waals surface area contributed by atoms with E-state index in [-0.39, 0.29) is 16.9 Å². The molecule has 7 nitrogen and oxygen atoms in total. The first-order valence-corrected chi connectivity index (χ1v) is 11.6. The summed E-state index contributed by atoms with van der Waals surface area (Å²) < 4.78 is 13.4. The van der Waals surface area contributed by atoms with Gasteiger partial charge >= 0.3 is 0 Å². The minimum atomic E-state index is -0.157. The molecule has 0 bridgehead atoms. The van der Waals surface area contributed by atoms with E-state index in [4.69, 9.17) is 14.1 Å². The van der Waals surface area contributed by atoms with Gasteiger partial charge < -0.3 is 9.15 Å². The van der Waals surface area contributed by atoms with Gasteiger partial charge in [0.1, 0.15) is 0 Å². The van der Waals surface area contributed by atoms with Crippen molar-refractivity contribution in [1.29, 1.82) is 0 Å². The summed E-state index contributed by atoms with van der Waals surface area (Å²) in [5, 5.41) is 11.4. The molecule has 9 heteroatoms. The van der Waals surface area contributed by atoms with Crippen LogP contribution in [0.15, 0.2) is 56.1 Å². The number of rotatable bonds is 6. The van der Waals surface area contributed by atoms with E-state index in [1.54, 1.807) is 15.9 Å². The van der Waals surface area contributed by atoms with Gasteiger partial charge in [-0.15, -0.1) is 21.5 Å². The Labute approximate surface area is 181 Å². The highest BCUT2D eigenvalue weighted by atomic mass is 32.2. The molecule has 0 amide bonds. The number of para-hydroxylation sites is 1. The first-order chi connectivity index (χ1) is 14.7. The van der Waals surface area contributed by atoms with Gasteiger partial charge in [-0.05, 0) is 43.3 Å². The molecule has 0 radical (unpaired) electrons. The molecule has 0 spiro atoms. The molecule has 0 N–H and O–H groups in total. The lowest BCUT2D eigenvalue weighted by Crippen LogP contribution is -2.29. The second-order valence-electron chi connectivity index (χ2n) is 7.15. The second kappa shape index (κ2) is 8.33. The smallest absolute Gasteiger partial charge is 0.262 e. The van der Waals surface area contributed by atoms with Crippen LogP contribution in [0.3, 0.4) is 0 Å². The molecule has 4 heterocycles. The zero-order valence-corrected chi connectivity index (χ0v) is 18.0. The summed E-state index contributed by atoms with van der Waals surface area (Å²) in [5.74, 6) is 1.02. The summed E-state index contributed by atoms with van der Waals surface area (Å²) in [4.78, 5) is 18.9. The number of hydrogen-bond acceptors (Lipinski definition) is 8. The maximum Gasteiger partial charge on any atom is 0.262 e. The maximum atomic E-state index is 13.2. The van der Waals surface area contributed by atoms with Crippen molar-refractivity contribution in [1.82, 2.24) is 19.7 Å². The van der Waals surface area contributed by atoms with Crippen molar-refractivity contribution < 1.29 is 9.15 Å². The van der Waals surface area contributed by atoms with E-state index in [0.29, 0.717) is 34.4 Å². The van der Waals surface area contributed by atoms with E-state index in [2.05, 4.69) is 10.2 Å². The van der Waals surface area contributed by atoms with Crippen LogP contribution in [0.4, 0.5) is 0 Å². The van der Waals surface area contributed by atoms with Crippen LogP contribution in [-0.2, 0) is 11.3 Å². The van der Waals surface area contributed by atoms with Gasteiger partial charge in [-0.1, -0.05) is 30.0 Å². The Morgan fingerprint density at radius 1 is 1.27 bits per heavy atom. The summed E-state index contributed by atoms with van der Waals surface area (Å²) in [5.41, 5.74) is 0.640. The molecule has 2 atom stereocenters. The average Bonchev–Trinajstić information content (AvgIpc) is 3.53. The minimum absolute atomic E-state index is 0.0363. The third-order valence-corrected chi connectivity index (χ3v) is 6.97. The van der Waals surface area contributed by atoms with E-state index in [1.165, 1.54) is 11.8 Å². The Kier molecular flexibility index (Phi) is 5.41. The van der Waals surface area contributed by atoms with Gasteiger partial charge in [0.2, 0.25) is 5.89 Å². The molecule has 5 rings (SSSR count). The van der Waals surface area contributed by atoms with Gasteiger partial charge in [0, 0.05) is 6.61 Å². The molecule has 3 aromatic heterocycles. The third kappa shape index (κ3) is 3.80. The fourth-order valence-electron chi connectivity index (χ4n) is 3.50. The monoisotopic (exact) mass is 440 g/mol. The lowest BCUT2D eigenvalue weighted by molar-refractivity contribution is 0.0937. The molecule has 1 saturated heterocycles. The number of hydrogen-bond donors (Lipinski definition) is 0. The van der Waals surface area contributed by atoms with E-state index in [9.17, 15) is 4.79 Å². The highest BCUT2D eigenvalue weighted by Gasteiger charge is 2.23. The zero-order chi connectivity index (χ0) is 20.5. The Bertz CT molecular complexity index is 1210. The van der Waals surface area contributed by atoms with E-state index in [1.807, 2.05) is 48.7 Å². The first kappa shape index (κ1) is 19.5. The number of benzene rings is 1. The number of ether oxygens (including phenoxy) is 1. The van der Waals surface area contributed by atoms with Gasteiger partial charge in [0.15, 0.2) is 5.16 Å². The van der Waals surface area contributed by atoms with Crippen LogP contribution in [0.25, 0.3) is 21.7 Å². The average molecular weight is 441 g/mol. The first-order valence-electron chi connectivity index (χ1n) is 9.84. The van der Waals surface area contributed by atoms with Crippen LogP contribution in [0, 0.1) is 0 Å². The molecule has 4 aromatic rings. The molecule has 1 fully saturated rings. The summed E-state index contributed by atoms with van der Waals surface area (Å²) >= 11 is 3.00. The van der Waals surface area contributed by atoms with Crippen LogP contribution < -0.4 is 5.56 Å².